The molecule has 0 atom stereocenters. The van der Waals surface area contributed by atoms with E-state index in [4.69, 9.17) is 10.3 Å². The molecule has 4 heteroatoms. The summed E-state index contributed by atoms with van der Waals surface area (Å²) in [5, 5.41) is 4.00. The predicted molar refractivity (Wildman–Crippen MR) is 75.8 cm³/mol. The lowest BCUT2D eigenvalue weighted by Crippen LogP contribution is -2.51. The average molecular weight is 275 g/mol. The van der Waals surface area contributed by atoms with Crippen LogP contribution < -0.4 is 5.73 Å². The van der Waals surface area contributed by atoms with Crippen LogP contribution in [0.4, 0.5) is 0 Å². The second-order valence-electron chi connectivity index (χ2n) is 7.90. The van der Waals surface area contributed by atoms with E-state index >= 15 is 0 Å². The molecule has 110 valence electrons. The number of aromatic nitrogens is 2. The quantitative estimate of drug-likeness (QED) is 0.921. The maximum atomic E-state index is 5.62. The molecule has 0 aromatic carbocycles. The summed E-state index contributed by atoms with van der Waals surface area (Å²) < 4.78 is 5.54. The Morgan fingerprint density at radius 1 is 1.10 bits per heavy atom. The standard InChI is InChI=1S/C16H25N3O/c1-16(2,15-18-13(8-17)19-20-15)14-11-4-9-3-10(6-11)7-12(14)5-9/h9-12,14H,3-8,17H2,1-2H3. The van der Waals surface area contributed by atoms with Crippen LogP contribution in [-0.4, -0.2) is 10.1 Å². The highest BCUT2D eigenvalue weighted by Crippen LogP contribution is 2.60. The van der Waals surface area contributed by atoms with Crippen LogP contribution in [0.15, 0.2) is 4.52 Å². The summed E-state index contributed by atoms with van der Waals surface area (Å²) in [6, 6.07) is 0. The van der Waals surface area contributed by atoms with Crippen molar-refractivity contribution in [3.8, 4) is 0 Å². The Hall–Kier alpha value is -0.900. The average Bonchev–Trinajstić information content (AvgIpc) is 2.86. The van der Waals surface area contributed by atoms with Crippen LogP contribution in [0, 0.1) is 29.6 Å². The minimum atomic E-state index is -0.0109. The Labute approximate surface area is 120 Å². The van der Waals surface area contributed by atoms with Crippen LogP contribution >= 0.6 is 0 Å². The van der Waals surface area contributed by atoms with Crippen LogP contribution in [-0.2, 0) is 12.0 Å². The minimum Gasteiger partial charge on any atom is -0.339 e. The van der Waals surface area contributed by atoms with Gasteiger partial charge in [0.25, 0.3) is 0 Å². The van der Waals surface area contributed by atoms with Gasteiger partial charge in [0.2, 0.25) is 5.89 Å². The fraction of sp³-hybridized carbons (Fsp3) is 0.875. The van der Waals surface area contributed by atoms with Gasteiger partial charge < -0.3 is 10.3 Å². The summed E-state index contributed by atoms with van der Waals surface area (Å²) in [5.74, 6) is 5.90. The number of nitrogens with two attached hydrogens (primary N) is 1. The van der Waals surface area contributed by atoms with Crippen LogP contribution in [0.1, 0.15) is 57.7 Å². The van der Waals surface area contributed by atoms with Gasteiger partial charge in [-0.1, -0.05) is 19.0 Å². The molecule has 4 aliphatic carbocycles. The minimum absolute atomic E-state index is 0.0109. The lowest BCUT2D eigenvalue weighted by Gasteiger charge is -2.58. The van der Waals surface area contributed by atoms with E-state index in [1.54, 1.807) is 0 Å². The van der Waals surface area contributed by atoms with Crippen LogP contribution in [0.5, 0.6) is 0 Å². The van der Waals surface area contributed by atoms with Crippen molar-refractivity contribution in [2.45, 2.75) is 57.9 Å². The van der Waals surface area contributed by atoms with Gasteiger partial charge in [-0.15, -0.1) is 0 Å². The highest BCUT2D eigenvalue weighted by Gasteiger charge is 2.54. The third-order valence-corrected chi connectivity index (χ3v) is 6.26. The number of rotatable bonds is 3. The van der Waals surface area contributed by atoms with E-state index in [9.17, 15) is 0 Å². The molecule has 5 rings (SSSR count). The highest BCUT2D eigenvalue weighted by atomic mass is 16.5. The molecule has 0 spiro atoms. The molecule has 1 heterocycles. The number of hydrogen-bond donors (Lipinski definition) is 1. The SMILES string of the molecule is CC(C)(c1nc(CN)no1)C1C2CC3CC(C2)CC1C3. The summed E-state index contributed by atoms with van der Waals surface area (Å²) in [5.41, 5.74) is 5.60. The fourth-order valence-electron chi connectivity index (χ4n) is 5.84. The maximum Gasteiger partial charge on any atom is 0.232 e. The first-order valence-corrected chi connectivity index (χ1v) is 8.11. The van der Waals surface area contributed by atoms with Gasteiger partial charge in [-0.05, 0) is 61.7 Å². The van der Waals surface area contributed by atoms with E-state index in [-0.39, 0.29) is 5.41 Å². The lowest BCUT2D eigenvalue weighted by molar-refractivity contribution is -0.0706. The molecule has 4 bridgehead atoms. The van der Waals surface area contributed by atoms with Crippen molar-refractivity contribution in [3.05, 3.63) is 11.7 Å². The van der Waals surface area contributed by atoms with Crippen LogP contribution in [0.2, 0.25) is 0 Å². The molecule has 2 N–H and O–H groups in total. The van der Waals surface area contributed by atoms with Crippen molar-refractivity contribution in [2.24, 2.45) is 35.3 Å². The Morgan fingerprint density at radius 2 is 1.70 bits per heavy atom. The molecule has 20 heavy (non-hydrogen) atoms. The van der Waals surface area contributed by atoms with Crippen molar-refractivity contribution in [2.75, 3.05) is 0 Å². The van der Waals surface area contributed by atoms with Gasteiger partial charge in [0.15, 0.2) is 5.82 Å². The second kappa shape index (κ2) is 4.30. The molecule has 1 aromatic heterocycles. The summed E-state index contributed by atoms with van der Waals surface area (Å²) in [7, 11) is 0. The van der Waals surface area contributed by atoms with Gasteiger partial charge in [0.05, 0.1) is 6.54 Å². The summed E-state index contributed by atoms with van der Waals surface area (Å²) >= 11 is 0. The zero-order valence-electron chi connectivity index (χ0n) is 12.5. The monoisotopic (exact) mass is 275 g/mol. The molecule has 0 aliphatic heterocycles. The Balaban J connectivity index is 1.65. The molecule has 0 amide bonds. The van der Waals surface area contributed by atoms with Crippen LogP contribution in [0.25, 0.3) is 0 Å². The molecule has 4 aliphatic rings. The van der Waals surface area contributed by atoms with Gasteiger partial charge in [-0.25, -0.2) is 0 Å². The van der Waals surface area contributed by atoms with Crippen LogP contribution in [0.3, 0.4) is 0 Å². The summed E-state index contributed by atoms with van der Waals surface area (Å²) in [6.45, 7) is 4.96. The van der Waals surface area contributed by atoms with Crippen molar-refractivity contribution in [1.82, 2.24) is 10.1 Å². The van der Waals surface area contributed by atoms with E-state index in [1.807, 2.05) is 0 Å². The smallest absolute Gasteiger partial charge is 0.232 e. The first-order chi connectivity index (χ1) is 9.57. The van der Waals surface area contributed by atoms with E-state index in [1.165, 1.54) is 32.1 Å². The largest absolute Gasteiger partial charge is 0.339 e. The summed E-state index contributed by atoms with van der Waals surface area (Å²) in [6.07, 6.45) is 7.22. The molecule has 0 radical (unpaired) electrons. The number of hydrogen-bond acceptors (Lipinski definition) is 4. The molecule has 4 fully saturated rings. The zero-order valence-corrected chi connectivity index (χ0v) is 12.5. The number of nitrogens with zero attached hydrogens (tertiary/aromatic N) is 2. The molecule has 0 saturated heterocycles. The van der Waals surface area contributed by atoms with Crippen molar-refractivity contribution >= 4 is 0 Å². The zero-order chi connectivity index (χ0) is 13.9. The topological polar surface area (TPSA) is 64.9 Å². The normalized spacial score (nSPS) is 39.5. The fourth-order valence-corrected chi connectivity index (χ4v) is 5.84. The molecule has 0 unspecified atom stereocenters. The van der Waals surface area contributed by atoms with E-state index < -0.39 is 0 Å². The first kappa shape index (κ1) is 12.8. The van der Waals surface area contributed by atoms with Crippen molar-refractivity contribution in [3.63, 3.8) is 0 Å². The molecule has 1 aromatic rings. The first-order valence-electron chi connectivity index (χ1n) is 8.11. The summed E-state index contributed by atoms with van der Waals surface area (Å²) in [4.78, 5) is 4.53. The second-order valence-corrected chi connectivity index (χ2v) is 7.90. The van der Waals surface area contributed by atoms with Gasteiger partial charge in [0.1, 0.15) is 0 Å². The molecular formula is C16H25N3O. The van der Waals surface area contributed by atoms with Gasteiger partial charge in [-0.2, -0.15) is 4.98 Å². The van der Waals surface area contributed by atoms with Crippen molar-refractivity contribution < 1.29 is 4.52 Å². The highest BCUT2D eigenvalue weighted by molar-refractivity contribution is 5.11. The predicted octanol–water partition coefficient (Wildman–Crippen LogP) is 2.88. The third-order valence-electron chi connectivity index (χ3n) is 6.26. The van der Waals surface area contributed by atoms with Gasteiger partial charge in [0, 0.05) is 5.41 Å². The van der Waals surface area contributed by atoms with E-state index in [0.717, 1.165) is 29.6 Å². The van der Waals surface area contributed by atoms with E-state index in [0.29, 0.717) is 18.3 Å². The Kier molecular flexibility index (Phi) is 2.75. The van der Waals surface area contributed by atoms with Gasteiger partial charge >= 0.3 is 0 Å². The third kappa shape index (κ3) is 1.77. The lowest BCUT2D eigenvalue weighted by atomic mass is 9.47. The molecule has 4 saturated carbocycles. The van der Waals surface area contributed by atoms with Crippen molar-refractivity contribution in [1.29, 1.82) is 0 Å². The Bertz CT molecular complexity index is 480. The van der Waals surface area contributed by atoms with Gasteiger partial charge in [-0.3, -0.25) is 0 Å². The van der Waals surface area contributed by atoms with E-state index in [2.05, 4.69) is 24.0 Å². The Morgan fingerprint density at radius 3 is 2.20 bits per heavy atom. The molecule has 4 nitrogen and oxygen atoms in total. The molecular weight excluding hydrogens is 250 g/mol. The maximum absolute atomic E-state index is 5.62.